The molecule has 8 heteroatoms. The highest BCUT2D eigenvalue weighted by Gasteiger charge is 2.14. The van der Waals surface area contributed by atoms with E-state index in [0.29, 0.717) is 11.7 Å². The van der Waals surface area contributed by atoms with Crippen molar-refractivity contribution in [2.75, 3.05) is 18.2 Å². The molecule has 0 unspecified atom stereocenters. The molecule has 29 heavy (non-hydrogen) atoms. The summed E-state index contributed by atoms with van der Waals surface area (Å²) in [4.78, 5) is 12.3. The van der Waals surface area contributed by atoms with Crippen LogP contribution >= 0.6 is 11.8 Å². The van der Waals surface area contributed by atoms with Crippen LogP contribution in [0.15, 0.2) is 53.7 Å². The Labute approximate surface area is 174 Å². The fourth-order valence-corrected chi connectivity index (χ4v) is 3.36. The molecule has 0 radical (unpaired) electrons. The minimum Gasteiger partial charge on any atom is -0.497 e. The molecule has 0 aliphatic heterocycles. The first kappa shape index (κ1) is 20.9. The van der Waals surface area contributed by atoms with Crippen LogP contribution in [0.1, 0.15) is 31.9 Å². The third-order valence-electron chi connectivity index (χ3n) is 4.36. The summed E-state index contributed by atoms with van der Waals surface area (Å²) >= 11 is 1.31. The molecule has 7 nitrogen and oxygen atoms in total. The molecule has 0 aliphatic carbocycles. The number of benzene rings is 2. The summed E-state index contributed by atoms with van der Waals surface area (Å²) in [5.74, 6) is 0.925. The first-order valence-corrected chi connectivity index (χ1v) is 10.3. The van der Waals surface area contributed by atoms with E-state index in [1.54, 1.807) is 11.8 Å². The number of aromatic nitrogens is 4. The van der Waals surface area contributed by atoms with E-state index >= 15 is 0 Å². The number of rotatable bonds is 7. The van der Waals surface area contributed by atoms with Crippen molar-refractivity contribution in [3.05, 3.63) is 59.7 Å². The number of ether oxygens (including phenoxy) is 1. The van der Waals surface area contributed by atoms with Crippen molar-refractivity contribution in [1.82, 2.24) is 20.2 Å². The Morgan fingerprint density at radius 3 is 2.41 bits per heavy atom. The zero-order valence-electron chi connectivity index (χ0n) is 17.0. The van der Waals surface area contributed by atoms with Crippen molar-refractivity contribution >= 4 is 23.4 Å². The molecule has 1 heterocycles. The van der Waals surface area contributed by atoms with Crippen LogP contribution in [0.4, 0.5) is 5.69 Å². The predicted octanol–water partition coefficient (Wildman–Crippen LogP) is 3.76. The fourth-order valence-electron chi connectivity index (χ4n) is 2.68. The van der Waals surface area contributed by atoms with Crippen LogP contribution in [0.3, 0.4) is 0 Å². The summed E-state index contributed by atoms with van der Waals surface area (Å²) < 4.78 is 6.85. The lowest BCUT2D eigenvalue weighted by Crippen LogP contribution is -2.15. The van der Waals surface area contributed by atoms with Gasteiger partial charge in [-0.05, 0) is 51.2 Å². The second-order valence-corrected chi connectivity index (χ2v) is 8.57. The quantitative estimate of drug-likeness (QED) is 0.596. The van der Waals surface area contributed by atoms with Crippen LogP contribution in [0.2, 0.25) is 0 Å². The number of hydrogen-bond donors (Lipinski definition) is 1. The first-order chi connectivity index (χ1) is 13.8. The third kappa shape index (κ3) is 5.80. The summed E-state index contributed by atoms with van der Waals surface area (Å²) in [7, 11) is 1.63. The number of anilines is 1. The molecule has 3 rings (SSSR count). The van der Waals surface area contributed by atoms with E-state index in [-0.39, 0.29) is 17.1 Å². The minimum absolute atomic E-state index is 0.0827. The number of nitrogens with one attached hydrogen (secondary N) is 1. The van der Waals surface area contributed by atoms with Gasteiger partial charge in [0, 0.05) is 5.69 Å². The van der Waals surface area contributed by atoms with Crippen LogP contribution in [0, 0.1) is 0 Å². The molecule has 0 bridgehead atoms. The Morgan fingerprint density at radius 2 is 1.79 bits per heavy atom. The number of methoxy groups -OCH3 is 1. The average Bonchev–Trinajstić information content (AvgIpc) is 3.13. The molecular formula is C21H25N5O2S. The Hall–Kier alpha value is -2.87. The number of amides is 1. The maximum atomic E-state index is 12.3. The number of carbonyl (C=O) groups is 1. The van der Waals surface area contributed by atoms with Gasteiger partial charge in [0.25, 0.3) is 0 Å². The van der Waals surface area contributed by atoms with Crippen LogP contribution in [0.25, 0.3) is 0 Å². The maximum absolute atomic E-state index is 12.3. The second-order valence-electron chi connectivity index (χ2n) is 7.63. The lowest BCUT2D eigenvalue weighted by Gasteiger charge is -2.19. The normalized spacial score (nSPS) is 11.3. The summed E-state index contributed by atoms with van der Waals surface area (Å²) in [6.07, 6.45) is 0. The molecule has 1 N–H and O–H groups in total. The SMILES string of the molecule is COc1ccc(Cn2nnnc2SCC(=O)Nc2ccc(C(C)(C)C)cc2)cc1. The van der Waals surface area contributed by atoms with E-state index in [4.69, 9.17) is 4.74 Å². The monoisotopic (exact) mass is 411 g/mol. The molecule has 152 valence electrons. The lowest BCUT2D eigenvalue weighted by molar-refractivity contribution is -0.113. The van der Waals surface area contributed by atoms with E-state index in [9.17, 15) is 4.79 Å². The van der Waals surface area contributed by atoms with Crippen molar-refractivity contribution in [2.24, 2.45) is 0 Å². The molecule has 0 saturated carbocycles. The van der Waals surface area contributed by atoms with Crippen molar-refractivity contribution in [1.29, 1.82) is 0 Å². The summed E-state index contributed by atoms with van der Waals surface area (Å²) in [5, 5.41) is 15.3. The van der Waals surface area contributed by atoms with E-state index in [2.05, 4.69) is 41.6 Å². The molecule has 2 aromatic carbocycles. The third-order valence-corrected chi connectivity index (χ3v) is 5.31. The summed E-state index contributed by atoms with van der Waals surface area (Å²) in [6, 6.07) is 15.6. The molecule has 3 aromatic rings. The molecular weight excluding hydrogens is 386 g/mol. The molecule has 0 saturated heterocycles. The smallest absolute Gasteiger partial charge is 0.234 e. The number of carbonyl (C=O) groups excluding carboxylic acids is 1. The van der Waals surface area contributed by atoms with Gasteiger partial charge in [0.15, 0.2) is 0 Å². The highest BCUT2D eigenvalue weighted by Crippen LogP contribution is 2.24. The minimum atomic E-state index is -0.0995. The predicted molar refractivity (Wildman–Crippen MR) is 114 cm³/mol. The van der Waals surface area contributed by atoms with Crippen molar-refractivity contribution in [3.63, 3.8) is 0 Å². The Morgan fingerprint density at radius 1 is 1.10 bits per heavy atom. The van der Waals surface area contributed by atoms with Gasteiger partial charge >= 0.3 is 0 Å². The summed E-state index contributed by atoms with van der Waals surface area (Å²) in [6.45, 7) is 7.00. The van der Waals surface area contributed by atoms with E-state index < -0.39 is 0 Å². The van der Waals surface area contributed by atoms with Gasteiger partial charge in [-0.3, -0.25) is 4.79 Å². The maximum Gasteiger partial charge on any atom is 0.234 e. The Balaban J connectivity index is 1.55. The Kier molecular flexibility index (Phi) is 6.53. The van der Waals surface area contributed by atoms with Crippen molar-refractivity contribution < 1.29 is 9.53 Å². The van der Waals surface area contributed by atoms with Gasteiger partial charge in [0.1, 0.15) is 5.75 Å². The number of thioether (sulfide) groups is 1. The van der Waals surface area contributed by atoms with E-state index in [0.717, 1.165) is 17.0 Å². The second kappa shape index (κ2) is 9.09. The van der Waals surface area contributed by atoms with Crippen molar-refractivity contribution in [2.45, 2.75) is 37.9 Å². The lowest BCUT2D eigenvalue weighted by atomic mass is 9.87. The molecule has 0 atom stereocenters. The van der Waals surface area contributed by atoms with Crippen LogP contribution in [0.5, 0.6) is 5.75 Å². The summed E-state index contributed by atoms with van der Waals surface area (Å²) in [5.41, 5.74) is 3.13. The van der Waals surface area contributed by atoms with Crippen molar-refractivity contribution in [3.8, 4) is 5.75 Å². The van der Waals surface area contributed by atoms with Gasteiger partial charge in [-0.1, -0.05) is 56.8 Å². The van der Waals surface area contributed by atoms with Gasteiger partial charge in [-0.15, -0.1) is 5.10 Å². The number of nitrogens with zero attached hydrogens (tertiary/aromatic N) is 4. The zero-order valence-corrected chi connectivity index (χ0v) is 17.9. The van der Waals surface area contributed by atoms with Crippen LogP contribution in [-0.4, -0.2) is 39.0 Å². The molecule has 0 fully saturated rings. The molecule has 0 spiro atoms. The first-order valence-electron chi connectivity index (χ1n) is 9.27. The van der Waals surface area contributed by atoms with Gasteiger partial charge in [-0.25, -0.2) is 4.68 Å². The zero-order chi connectivity index (χ0) is 20.9. The van der Waals surface area contributed by atoms with Gasteiger partial charge in [0.05, 0.1) is 19.4 Å². The van der Waals surface area contributed by atoms with Gasteiger partial charge in [0.2, 0.25) is 11.1 Å². The molecule has 1 amide bonds. The molecule has 0 aliphatic rings. The van der Waals surface area contributed by atoms with Crippen LogP contribution < -0.4 is 10.1 Å². The van der Waals surface area contributed by atoms with Gasteiger partial charge < -0.3 is 10.1 Å². The topological polar surface area (TPSA) is 81.9 Å². The standard InChI is InChI=1S/C21H25N5O2S/c1-21(2,3)16-7-9-17(10-8-16)22-19(27)14-29-20-23-24-25-26(20)13-15-5-11-18(28-4)12-6-15/h5-12H,13-14H2,1-4H3,(H,22,27). The van der Waals surface area contributed by atoms with E-state index in [1.165, 1.54) is 17.3 Å². The Bertz CT molecular complexity index is 946. The number of hydrogen-bond acceptors (Lipinski definition) is 6. The van der Waals surface area contributed by atoms with E-state index in [1.807, 2.05) is 48.5 Å². The van der Waals surface area contributed by atoms with Crippen LogP contribution in [-0.2, 0) is 16.8 Å². The average molecular weight is 412 g/mol. The largest absolute Gasteiger partial charge is 0.497 e. The highest BCUT2D eigenvalue weighted by molar-refractivity contribution is 7.99. The van der Waals surface area contributed by atoms with Gasteiger partial charge in [-0.2, -0.15) is 0 Å². The fraction of sp³-hybridized carbons (Fsp3) is 0.333. The number of tetrazole rings is 1. The molecule has 1 aromatic heterocycles. The highest BCUT2D eigenvalue weighted by atomic mass is 32.2.